The number of carbonyl (C=O) groups is 2. The molecule has 1 fully saturated rings. The smallest absolute Gasteiger partial charge is 0.305 e. The number of fused-ring (bicyclic) bond motifs is 1. The van der Waals surface area contributed by atoms with E-state index >= 15 is 0 Å². The highest BCUT2D eigenvalue weighted by molar-refractivity contribution is 7.17. The number of piperidine rings is 1. The third-order valence-electron chi connectivity index (χ3n) is 6.26. The Labute approximate surface area is 218 Å². The monoisotopic (exact) mass is 522 g/mol. The maximum atomic E-state index is 13.7. The largest absolute Gasteiger partial charge is 0.466 e. The van der Waals surface area contributed by atoms with Crippen molar-refractivity contribution in [3.05, 3.63) is 56.7 Å². The molecule has 37 heavy (non-hydrogen) atoms. The summed E-state index contributed by atoms with van der Waals surface area (Å²) in [5.41, 5.74) is 7.84. The standard InChI is InChI=1S/C26H30N6O4S/c1-2-36-21(33)10-5-11-29-24(34)20-16-37-23-22(20)30-26(31-12-6-9-19(28)15-31)32(25(23)35)14-18-8-4-3-7-17(18)13-27/h3-4,7-8,16,19H,2,5-6,9-12,14-15,28H2,1H3,(H,29,34)/t19-/m1/s1. The van der Waals surface area contributed by atoms with Crippen molar-refractivity contribution in [2.24, 2.45) is 5.73 Å². The molecule has 0 radical (unpaired) electrons. The number of amides is 1. The molecule has 0 aliphatic carbocycles. The van der Waals surface area contributed by atoms with Gasteiger partial charge in [0, 0.05) is 37.5 Å². The molecule has 0 spiro atoms. The number of ether oxygens (including phenoxy) is 1. The molecule has 1 amide bonds. The zero-order valence-electron chi connectivity index (χ0n) is 20.7. The van der Waals surface area contributed by atoms with Crippen LogP contribution in [0.2, 0.25) is 0 Å². The summed E-state index contributed by atoms with van der Waals surface area (Å²) in [7, 11) is 0. The zero-order valence-corrected chi connectivity index (χ0v) is 21.6. The number of carbonyl (C=O) groups excluding carboxylic acids is 2. The minimum Gasteiger partial charge on any atom is -0.466 e. The molecule has 3 aromatic rings. The third-order valence-corrected chi connectivity index (χ3v) is 7.21. The van der Waals surface area contributed by atoms with E-state index in [1.807, 2.05) is 17.0 Å². The van der Waals surface area contributed by atoms with Gasteiger partial charge in [0.15, 0.2) is 0 Å². The number of thiophene rings is 1. The number of benzene rings is 1. The Bertz CT molecular complexity index is 1390. The van der Waals surface area contributed by atoms with Crippen LogP contribution in [0.5, 0.6) is 0 Å². The highest BCUT2D eigenvalue weighted by Crippen LogP contribution is 2.26. The SMILES string of the molecule is CCOC(=O)CCCNC(=O)c1csc2c(=O)n(Cc3ccccc3C#N)c(N3CCC[C@@H](N)C3)nc12. The first-order valence-corrected chi connectivity index (χ1v) is 13.2. The van der Waals surface area contributed by atoms with Gasteiger partial charge in [-0.1, -0.05) is 18.2 Å². The van der Waals surface area contributed by atoms with Gasteiger partial charge in [-0.3, -0.25) is 19.0 Å². The molecule has 1 aliphatic rings. The summed E-state index contributed by atoms with van der Waals surface area (Å²) in [6.45, 7) is 3.77. The Hall–Kier alpha value is -3.75. The number of nitrogens with two attached hydrogens (primary N) is 1. The second-order valence-corrected chi connectivity index (χ2v) is 9.79. The fourth-order valence-corrected chi connectivity index (χ4v) is 5.36. The molecule has 10 nitrogen and oxygen atoms in total. The van der Waals surface area contributed by atoms with Gasteiger partial charge >= 0.3 is 5.97 Å². The van der Waals surface area contributed by atoms with E-state index in [4.69, 9.17) is 15.5 Å². The fourth-order valence-electron chi connectivity index (χ4n) is 4.43. The Morgan fingerprint density at radius 1 is 1.35 bits per heavy atom. The lowest BCUT2D eigenvalue weighted by molar-refractivity contribution is -0.143. The van der Waals surface area contributed by atoms with Crippen LogP contribution in [-0.2, 0) is 16.1 Å². The quantitative estimate of drug-likeness (QED) is 0.322. The van der Waals surface area contributed by atoms with Crippen LogP contribution in [0.3, 0.4) is 0 Å². The van der Waals surface area contributed by atoms with Gasteiger partial charge in [-0.05, 0) is 37.8 Å². The first-order valence-electron chi connectivity index (χ1n) is 12.4. The minimum absolute atomic E-state index is 0.0502. The predicted molar refractivity (Wildman–Crippen MR) is 142 cm³/mol. The van der Waals surface area contributed by atoms with Gasteiger partial charge in [-0.25, -0.2) is 4.98 Å². The molecule has 194 valence electrons. The Morgan fingerprint density at radius 2 is 2.16 bits per heavy atom. The highest BCUT2D eigenvalue weighted by atomic mass is 32.1. The van der Waals surface area contributed by atoms with Crippen LogP contribution in [0.25, 0.3) is 10.2 Å². The van der Waals surface area contributed by atoms with Crippen LogP contribution >= 0.6 is 11.3 Å². The van der Waals surface area contributed by atoms with E-state index in [-0.39, 0.29) is 36.4 Å². The normalized spacial score (nSPS) is 15.4. The molecular weight excluding hydrogens is 492 g/mol. The minimum atomic E-state index is -0.351. The number of aromatic nitrogens is 2. The van der Waals surface area contributed by atoms with Gasteiger partial charge in [0.2, 0.25) is 5.95 Å². The van der Waals surface area contributed by atoms with E-state index in [1.54, 1.807) is 29.0 Å². The van der Waals surface area contributed by atoms with Crippen molar-refractivity contribution in [2.75, 3.05) is 31.1 Å². The average Bonchev–Trinajstić information content (AvgIpc) is 3.33. The van der Waals surface area contributed by atoms with Crippen molar-refractivity contribution in [1.82, 2.24) is 14.9 Å². The zero-order chi connectivity index (χ0) is 26.4. The Balaban J connectivity index is 1.68. The maximum Gasteiger partial charge on any atom is 0.305 e. The Kier molecular flexibility index (Phi) is 8.53. The predicted octanol–water partition coefficient (Wildman–Crippen LogP) is 2.38. The van der Waals surface area contributed by atoms with E-state index in [1.165, 1.54) is 11.3 Å². The van der Waals surface area contributed by atoms with Crippen LogP contribution in [0.1, 0.15) is 54.1 Å². The lowest BCUT2D eigenvalue weighted by Crippen LogP contribution is -2.45. The molecule has 0 saturated carbocycles. The van der Waals surface area contributed by atoms with Gasteiger partial charge in [0.05, 0.1) is 30.3 Å². The molecule has 2 aromatic heterocycles. The van der Waals surface area contributed by atoms with E-state index in [2.05, 4.69) is 11.4 Å². The summed E-state index contributed by atoms with van der Waals surface area (Å²) >= 11 is 1.17. The maximum absolute atomic E-state index is 13.7. The lowest BCUT2D eigenvalue weighted by Gasteiger charge is -2.33. The molecular formula is C26H30N6O4S. The molecule has 4 rings (SSSR count). The first kappa shape index (κ1) is 26.3. The number of nitrogens with one attached hydrogen (secondary N) is 1. The van der Waals surface area contributed by atoms with Crippen molar-refractivity contribution in [3.63, 3.8) is 0 Å². The van der Waals surface area contributed by atoms with Crippen LogP contribution in [0, 0.1) is 11.3 Å². The Morgan fingerprint density at radius 3 is 2.92 bits per heavy atom. The topological polar surface area (TPSA) is 143 Å². The number of nitriles is 1. The average molecular weight is 523 g/mol. The van der Waals surface area contributed by atoms with E-state index in [0.29, 0.717) is 65.5 Å². The molecule has 3 N–H and O–H groups in total. The van der Waals surface area contributed by atoms with E-state index in [9.17, 15) is 19.6 Å². The summed E-state index contributed by atoms with van der Waals surface area (Å²) in [6.07, 6.45) is 2.41. The third kappa shape index (κ3) is 5.98. The summed E-state index contributed by atoms with van der Waals surface area (Å²) in [5, 5.41) is 14.0. The van der Waals surface area contributed by atoms with Crippen molar-refractivity contribution >= 4 is 39.4 Å². The van der Waals surface area contributed by atoms with Crippen LogP contribution in [0.15, 0.2) is 34.4 Å². The molecule has 1 aliphatic heterocycles. The molecule has 0 unspecified atom stereocenters. The van der Waals surface area contributed by atoms with Crippen molar-refractivity contribution in [2.45, 2.75) is 45.2 Å². The lowest BCUT2D eigenvalue weighted by atomic mass is 10.1. The van der Waals surface area contributed by atoms with Crippen molar-refractivity contribution in [1.29, 1.82) is 5.26 Å². The van der Waals surface area contributed by atoms with Gasteiger partial charge in [-0.2, -0.15) is 5.26 Å². The molecule has 1 atom stereocenters. The fraction of sp³-hybridized carbons (Fsp3) is 0.423. The number of rotatable bonds is 9. The van der Waals surface area contributed by atoms with Crippen LogP contribution in [-0.4, -0.2) is 53.7 Å². The first-order chi connectivity index (χ1) is 17.9. The number of hydrogen-bond acceptors (Lipinski definition) is 9. The van der Waals surface area contributed by atoms with E-state index < -0.39 is 0 Å². The summed E-state index contributed by atoms with van der Waals surface area (Å²) < 4.78 is 6.86. The number of nitrogens with zero attached hydrogens (tertiary/aromatic N) is 4. The molecule has 1 aromatic carbocycles. The molecule has 0 bridgehead atoms. The van der Waals surface area contributed by atoms with Crippen molar-refractivity contribution < 1.29 is 14.3 Å². The van der Waals surface area contributed by atoms with Gasteiger partial charge in [0.25, 0.3) is 11.5 Å². The highest BCUT2D eigenvalue weighted by Gasteiger charge is 2.25. The van der Waals surface area contributed by atoms with Crippen LogP contribution < -0.4 is 21.5 Å². The molecule has 1 saturated heterocycles. The van der Waals surface area contributed by atoms with Gasteiger partial charge in [-0.15, -0.1) is 11.3 Å². The summed E-state index contributed by atoms with van der Waals surface area (Å²) in [4.78, 5) is 45.0. The van der Waals surface area contributed by atoms with Gasteiger partial charge in [0.1, 0.15) is 10.2 Å². The second-order valence-electron chi connectivity index (χ2n) is 8.91. The summed E-state index contributed by atoms with van der Waals surface area (Å²) in [6, 6.07) is 9.30. The summed E-state index contributed by atoms with van der Waals surface area (Å²) in [5.74, 6) is -0.215. The number of hydrogen-bond donors (Lipinski definition) is 2. The number of anilines is 1. The number of esters is 1. The van der Waals surface area contributed by atoms with E-state index in [0.717, 1.165) is 12.8 Å². The van der Waals surface area contributed by atoms with Gasteiger partial charge < -0.3 is 20.7 Å². The molecule has 3 heterocycles. The van der Waals surface area contributed by atoms with Crippen molar-refractivity contribution in [3.8, 4) is 6.07 Å². The second kappa shape index (κ2) is 12.0. The molecule has 11 heteroatoms. The van der Waals surface area contributed by atoms with Crippen LogP contribution in [0.4, 0.5) is 5.95 Å².